The van der Waals surface area contributed by atoms with Gasteiger partial charge in [0.15, 0.2) is 5.75 Å². The number of rotatable bonds is 2. The van der Waals surface area contributed by atoms with Crippen LogP contribution in [0.15, 0.2) is 40.2 Å². The SMILES string of the molecule is N#Cc1sccc1Oc1cccc(Br)c1. The second-order valence-corrected chi connectivity index (χ2v) is 4.62. The van der Waals surface area contributed by atoms with Crippen molar-refractivity contribution in [3.8, 4) is 17.6 Å². The molecule has 0 amide bonds. The molecule has 0 atom stereocenters. The van der Waals surface area contributed by atoms with E-state index < -0.39 is 0 Å². The largest absolute Gasteiger partial charge is 0.455 e. The molecule has 74 valence electrons. The van der Waals surface area contributed by atoms with E-state index in [1.807, 2.05) is 29.6 Å². The third-order valence-electron chi connectivity index (χ3n) is 1.75. The second kappa shape index (κ2) is 4.47. The zero-order valence-corrected chi connectivity index (χ0v) is 10.0. The Balaban J connectivity index is 2.26. The topological polar surface area (TPSA) is 33.0 Å². The molecule has 0 saturated heterocycles. The van der Waals surface area contributed by atoms with Crippen LogP contribution >= 0.6 is 27.3 Å². The lowest BCUT2D eigenvalue weighted by Crippen LogP contribution is -1.83. The normalized spacial score (nSPS) is 9.60. The molecule has 0 N–H and O–H groups in total. The van der Waals surface area contributed by atoms with E-state index in [4.69, 9.17) is 10.00 Å². The summed E-state index contributed by atoms with van der Waals surface area (Å²) in [6.45, 7) is 0. The van der Waals surface area contributed by atoms with Crippen LogP contribution < -0.4 is 4.74 Å². The minimum absolute atomic E-state index is 0.593. The first-order valence-corrected chi connectivity index (χ1v) is 5.88. The summed E-state index contributed by atoms with van der Waals surface area (Å²) in [7, 11) is 0. The minimum atomic E-state index is 0.593. The van der Waals surface area contributed by atoms with Crippen molar-refractivity contribution in [2.24, 2.45) is 0 Å². The summed E-state index contributed by atoms with van der Waals surface area (Å²) in [6.07, 6.45) is 0. The van der Waals surface area contributed by atoms with E-state index in [1.54, 1.807) is 6.07 Å². The highest BCUT2D eigenvalue weighted by molar-refractivity contribution is 9.10. The number of ether oxygens (including phenoxy) is 1. The zero-order chi connectivity index (χ0) is 10.7. The molecule has 0 aliphatic heterocycles. The van der Waals surface area contributed by atoms with Crippen LogP contribution in [0.25, 0.3) is 0 Å². The maximum absolute atomic E-state index is 8.81. The Morgan fingerprint density at radius 2 is 2.20 bits per heavy atom. The molecule has 1 aromatic heterocycles. The second-order valence-electron chi connectivity index (χ2n) is 2.79. The fourth-order valence-corrected chi connectivity index (χ4v) is 2.10. The summed E-state index contributed by atoms with van der Waals surface area (Å²) in [5, 5.41) is 10.7. The van der Waals surface area contributed by atoms with Gasteiger partial charge < -0.3 is 4.74 Å². The van der Waals surface area contributed by atoms with Crippen LogP contribution in [0.1, 0.15) is 4.88 Å². The van der Waals surface area contributed by atoms with E-state index in [-0.39, 0.29) is 0 Å². The van der Waals surface area contributed by atoms with Crippen molar-refractivity contribution in [2.45, 2.75) is 0 Å². The standard InChI is InChI=1S/C11H6BrNOS/c12-8-2-1-3-9(6-8)14-10-4-5-15-11(10)7-13/h1-6H. The number of benzene rings is 1. The molecule has 0 bridgehead atoms. The first-order valence-electron chi connectivity index (χ1n) is 4.20. The highest BCUT2D eigenvalue weighted by Gasteiger charge is 2.05. The first kappa shape index (κ1) is 10.2. The van der Waals surface area contributed by atoms with Gasteiger partial charge >= 0.3 is 0 Å². The van der Waals surface area contributed by atoms with Crippen molar-refractivity contribution in [2.75, 3.05) is 0 Å². The van der Waals surface area contributed by atoms with Crippen LogP contribution in [-0.4, -0.2) is 0 Å². The van der Waals surface area contributed by atoms with Gasteiger partial charge in [0.1, 0.15) is 16.7 Å². The van der Waals surface area contributed by atoms with Gasteiger partial charge in [-0.25, -0.2) is 0 Å². The van der Waals surface area contributed by atoms with Crippen molar-refractivity contribution in [3.05, 3.63) is 45.1 Å². The van der Waals surface area contributed by atoms with Crippen molar-refractivity contribution in [1.29, 1.82) is 5.26 Å². The number of nitrogens with zero attached hydrogens (tertiary/aromatic N) is 1. The van der Waals surface area contributed by atoms with Gasteiger partial charge in [0, 0.05) is 4.47 Å². The smallest absolute Gasteiger partial charge is 0.156 e. The van der Waals surface area contributed by atoms with Crippen molar-refractivity contribution >= 4 is 27.3 Å². The van der Waals surface area contributed by atoms with Gasteiger partial charge in [-0.15, -0.1) is 11.3 Å². The molecular formula is C11H6BrNOS. The molecule has 1 heterocycles. The van der Waals surface area contributed by atoms with Crippen LogP contribution in [0.3, 0.4) is 0 Å². The molecule has 0 radical (unpaired) electrons. The molecule has 0 unspecified atom stereocenters. The van der Waals surface area contributed by atoms with Gasteiger partial charge in [-0.1, -0.05) is 22.0 Å². The molecule has 0 fully saturated rings. The summed E-state index contributed by atoms with van der Waals surface area (Å²) in [5.74, 6) is 1.33. The number of halogens is 1. The molecule has 2 rings (SSSR count). The van der Waals surface area contributed by atoms with Crippen LogP contribution in [0.4, 0.5) is 0 Å². The highest BCUT2D eigenvalue weighted by atomic mass is 79.9. The van der Waals surface area contributed by atoms with Crippen molar-refractivity contribution < 1.29 is 4.74 Å². The molecule has 0 aliphatic carbocycles. The monoisotopic (exact) mass is 279 g/mol. The Morgan fingerprint density at radius 1 is 1.33 bits per heavy atom. The zero-order valence-electron chi connectivity index (χ0n) is 7.61. The Bertz CT molecular complexity index is 515. The number of hydrogen-bond donors (Lipinski definition) is 0. The van der Waals surface area contributed by atoms with Crippen LogP contribution in [0.2, 0.25) is 0 Å². The van der Waals surface area contributed by atoms with Gasteiger partial charge in [0.25, 0.3) is 0 Å². The number of hydrogen-bond acceptors (Lipinski definition) is 3. The van der Waals surface area contributed by atoms with Gasteiger partial charge in [-0.05, 0) is 29.6 Å². The van der Waals surface area contributed by atoms with Crippen molar-refractivity contribution in [1.82, 2.24) is 0 Å². The molecule has 0 saturated carbocycles. The van der Waals surface area contributed by atoms with E-state index in [1.165, 1.54) is 11.3 Å². The molecular weight excluding hydrogens is 274 g/mol. The predicted molar refractivity (Wildman–Crippen MR) is 63.3 cm³/mol. The van der Waals surface area contributed by atoms with Crippen LogP contribution in [0.5, 0.6) is 11.5 Å². The quantitative estimate of drug-likeness (QED) is 0.826. The van der Waals surface area contributed by atoms with E-state index in [0.29, 0.717) is 10.6 Å². The average molecular weight is 280 g/mol. The van der Waals surface area contributed by atoms with Gasteiger partial charge in [0.05, 0.1) is 0 Å². The summed E-state index contributed by atoms with van der Waals surface area (Å²) < 4.78 is 6.53. The lowest BCUT2D eigenvalue weighted by molar-refractivity contribution is 0.483. The van der Waals surface area contributed by atoms with Gasteiger partial charge in [-0.2, -0.15) is 5.26 Å². The maximum Gasteiger partial charge on any atom is 0.156 e. The fourth-order valence-electron chi connectivity index (χ4n) is 1.12. The highest BCUT2D eigenvalue weighted by Crippen LogP contribution is 2.29. The number of nitriles is 1. The van der Waals surface area contributed by atoms with E-state index in [2.05, 4.69) is 22.0 Å². The fraction of sp³-hybridized carbons (Fsp3) is 0. The van der Waals surface area contributed by atoms with Crippen LogP contribution in [0, 0.1) is 11.3 Å². The Morgan fingerprint density at radius 3 is 2.93 bits per heavy atom. The Hall–Kier alpha value is -1.31. The maximum atomic E-state index is 8.81. The Labute approximate surface area is 99.9 Å². The van der Waals surface area contributed by atoms with Gasteiger partial charge in [-0.3, -0.25) is 0 Å². The summed E-state index contributed by atoms with van der Waals surface area (Å²) >= 11 is 4.73. The summed E-state index contributed by atoms with van der Waals surface area (Å²) in [4.78, 5) is 0.593. The van der Waals surface area contributed by atoms with Crippen molar-refractivity contribution in [3.63, 3.8) is 0 Å². The van der Waals surface area contributed by atoms with E-state index in [9.17, 15) is 0 Å². The first-order chi connectivity index (χ1) is 7.29. The average Bonchev–Trinajstić information content (AvgIpc) is 2.65. The molecule has 1 aromatic carbocycles. The minimum Gasteiger partial charge on any atom is -0.455 e. The third kappa shape index (κ3) is 2.38. The molecule has 15 heavy (non-hydrogen) atoms. The summed E-state index contributed by atoms with van der Waals surface area (Å²) in [5.41, 5.74) is 0. The molecule has 2 nitrogen and oxygen atoms in total. The number of thiophene rings is 1. The van der Waals surface area contributed by atoms with E-state index >= 15 is 0 Å². The van der Waals surface area contributed by atoms with E-state index in [0.717, 1.165) is 10.2 Å². The molecule has 4 heteroatoms. The molecule has 2 aromatic rings. The van der Waals surface area contributed by atoms with Gasteiger partial charge in [0.2, 0.25) is 0 Å². The molecule has 0 aliphatic rings. The Kier molecular flexibility index (Phi) is 3.05. The summed E-state index contributed by atoms with van der Waals surface area (Å²) in [6, 6.07) is 11.4. The van der Waals surface area contributed by atoms with Crippen LogP contribution in [-0.2, 0) is 0 Å². The lowest BCUT2D eigenvalue weighted by Gasteiger charge is -2.03. The lowest BCUT2D eigenvalue weighted by atomic mass is 10.3. The molecule has 0 spiro atoms. The predicted octanol–water partition coefficient (Wildman–Crippen LogP) is 4.17. The third-order valence-corrected chi connectivity index (χ3v) is 3.05.